The molecular formula is C11H19N3O2. The number of aryl methyl sites for hydroxylation is 1. The number of hydrogen-bond donors (Lipinski definition) is 1. The van der Waals surface area contributed by atoms with Crippen molar-refractivity contribution in [1.82, 2.24) is 15.5 Å². The van der Waals surface area contributed by atoms with Crippen LogP contribution in [0, 0.1) is 6.92 Å². The summed E-state index contributed by atoms with van der Waals surface area (Å²) in [5.41, 5.74) is 0. The van der Waals surface area contributed by atoms with E-state index in [4.69, 9.17) is 9.26 Å². The fourth-order valence-corrected chi connectivity index (χ4v) is 1.93. The summed E-state index contributed by atoms with van der Waals surface area (Å²) < 4.78 is 10.5. The van der Waals surface area contributed by atoms with E-state index in [9.17, 15) is 0 Å². The molecule has 1 aliphatic heterocycles. The Morgan fingerprint density at radius 3 is 3.12 bits per heavy atom. The van der Waals surface area contributed by atoms with Crippen LogP contribution in [-0.2, 0) is 11.3 Å². The summed E-state index contributed by atoms with van der Waals surface area (Å²) in [6.07, 6.45) is 5.23. The molecule has 0 radical (unpaired) electrons. The standard InChI is InChI=1S/C11H19N3O2/c1-9-13-11(16-14-9)8-12-6-2-4-10-5-3-7-15-10/h10,12H,2-8H2,1H3. The van der Waals surface area contributed by atoms with Crippen LogP contribution in [0.5, 0.6) is 0 Å². The van der Waals surface area contributed by atoms with E-state index in [0.29, 0.717) is 24.4 Å². The van der Waals surface area contributed by atoms with Gasteiger partial charge in [-0.05, 0) is 39.2 Å². The highest BCUT2D eigenvalue weighted by molar-refractivity contribution is 4.81. The third kappa shape index (κ3) is 3.57. The summed E-state index contributed by atoms with van der Waals surface area (Å²) in [7, 11) is 0. The van der Waals surface area contributed by atoms with Crippen LogP contribution in [0.15, 0.2) is 4.52 Å². The summed E-state index contributed by atoms with van der Waals surface area (Å²) >= 11 is 0. The quantitative estimate of drug-likeness (QED) is 0.742. The summed E-state index contributed by atoms with van der Waals surface area (Å²) in [6.45, 7) is 4.40. The Balaban J connectivity index is 1.51. The Kier molecular flexibility index (Phi) is 4.30. The minimum Gasteiger partial charge on any atom is -0.378 e. The highest BCUT2D eigenvalue weighted by Crippen LogP contribution is 2.16. The van der Waals surface area contributed by atoms with Crippen molar-refractivity contribution in [3.8, 4) is 0 Å². The lowest BCUT2D eigenvalue weighted by Crippen LogP contribution is -2.17. The minimum atomic E-state index is 0.493. The van der Waals surface area contributed by atoms with E-state index in [-0.39, 0.29) is 0 Å². The van der Waals surface area contributed by atoms with Crippen molar-refractivity contribution in [3.63, 3.8) is 0 Å². The first-order chi connectivity index (χ1) is 7.84. The molecule has 1 fully saturated rings. The molecule has 2 heterocycles. The molecule has 1 unspecified atom stereocenters. The highest BCUT2D eigenvalue weighted by Gasteiger charge is 2.14. The molecule has 0 spiro atoms. The van der Waals surface area contributed by atoms with E-state index in [1.807, 2.05) is 6.92 Å². The summed E-state index contributed by atoms with van der Waals surface area (Å²) in [5.74, 6) is 1.35. The monoisotopic (exact) mass is 225 g/mol. The topological polar surface area (TPSA) is 60.2 Å². The molecule has 0 aromatic carbocycles. The van der Waals surface area contributed by atoms with Gasteiger partial charge in [0.2, 0.25) is 5.89 Å². The highest BCUT2D eigenvalue weighted by atomic mass is 16.5. The Morgan fingerprint density at radius 1 is 1.50 bits per heavy atom. The fourth-order valence-electron chi connectivity index (χ4n) is 1.93. The van der Waals surface area contributed by atoms with Gasteiger partial charge in [-0.3, -0.25) is 0 Å². The van der Waals surface area contributed by atoms with Crippen LogP contribution in [0.4, 0.5) is 0 Å². The number of ether oxygens (including phenoxy) is 1. The van der Waals surface area contributed by atoms with Gasteiger partial charge in [0.05, 0.1) is 12.6 Å². The zero-order valence-electron chi connectivity index (χ0n) is 9.74. The minimum absolute atomic E-state index is 0.493. The van der Waals surface area contributed by atoms with Crippen molar-refractivity contribution in [1.29, 1.82) is 0 Å². The molecule has 1 aromatic heterocycles. The second-order valence-electron chi connectivity index (χ2n) is 4.19. The molecule has 90 valence electrons. The van der Waals surface area contributed by atoms with Crippen molar-refractivity contribution in [2.75, 3.05) is 13.2 Å². The molecule has 16 heavy (non-hydrogen) atoms. The molecule has 2 rings (SSSR count). The van der Waals surface area contributed by atoms with Crippen molar-refractivity contribution < 1.29 is 9.26 Å². The molecule has 0 amide bonds. The third-order valence-electron chi connectivity index (χ3n) is 2.75. The molecule has 0 aliphatic carbocycles. The number of aromatic nitrogens is 2. The van der Waals surface area contributed by atoms with E-state index in [2.05, 4.69) is 15.5 Å². The van der Waals surface area contributed by atoms with Crippen LogP contribution in [0.25, 0.3) is 0 Å². The largest absolute Gasteiger partial charge is 0.378 e. The van der Waals surface area contributed by atoms with Crippen LogP contribution in [0.1, 0.15) is 37.4 Å². The Labute approximate surface area is 95.6 Å². The second-order valence-corrected chi connectivity index (χ2v) is 4.19. The maximum absolute atomic E-state index is 5.55. The Bertz CT molecular complexity index is 308. The van der Waals surface area contributed by atoms with Gasteiger partial charge in [0.15, 0.2) is 5.82 Å². The normalized spacial score (nSPS) is 20.4. The summed E-state index contributed by atoms with van der Waals surface area (Å²) in [4.78, 5) is 4.12. The molecule has 5 nitrogen and oxygen atoms in total. The lowest BCUT2D eigenvalue weighted by molar-refractivity contribution is 0.102. The van der Waals surface area contributed by atoms with Crippen LogP contribution in [0.2, 0.25) is 0 Å². The molecule has 1 aromatic rings. The molecule has 0 bridgehead atoms. The first-order valence-electron chi connectivity index (χ1n) is 5.96. The molecule has 1 atom stereocenters. The number of hydrogen-bond acceptors (Lipinski definition) is 5. The predicted octanol–water partition coefficient (Wildman–Crippen LogP) is 1.43. The van der Waals surface area contributed by atoms with E-state index >= 15 is 0 Å². The predicted molar refractivity (Wildman–Crippen MR) is 58.9 cm³/mol. The van der Waals surface area contributed by atoms with Crippen molar-refractivity contribution in [2.45, 2.75) is 45.3 Å². The average molecular weight is 225 g/mol. The van der Waals surface area contributed by atoms with Crippen LogP contribution in [-0.4, -0.2) is 29.4 Å². The lowest BCUT2D eigenvalue weighted by Gasteiger charge is -2.08. The van der Waals surface area contributed by atoms with E-state index in [1.165, 1.54) is 12.8 Å². The van der Waals surface area contributed by atoms with E-state index in [0.717, 1.165) is 26.0 Å². The Morgan fingerprint density at radius 2 is 2.44 bits per heavy atom. The fraction of sp³-hybridized carbons (Fsp3) is 0.818. The van der Waals surface area contributed by atoms with Crippen LogP contribution in [0.3, 0.4) is 0 Å². The third-order valence-corrected chi connectivity index (χ3v) is 2.75. The SMILES string of the molecule is Cc1noc(CNCCCC2CCCO2)n1. The van der Waals surface area contributed by atoms with Gasteiger partial charge in [0.25, 0.3) is 0 Å². The second kappa shape index (κ2) is 5.96. The molecule has 5 heteroatoms. The molecular weight excluding hydrogens is 206 g/mol. The van der Waals surface area contributed by atoms with E-state index in [1.54, 1.807) is 0 Å². The van der Waals surface area contributed by atoms with Crippen molar-refractivity contribution in [3.05, 3.63) is 11.7 Å². The van der Waals surface area contributed by atoms with E-state index < -0.39 is 0 Å². The van der Waals surface area contributed by atoms with Crippen molar-refractivity contribution >= 4 is 0 Å². The molecule has 0 saturated carbocycles. The maximum Gasteiger partial charge on any atom is 0.240 e. The van der Waals surface area contributed by atoms with Gasteiger partial charge in [-0.25, -0.2) is 0 Å². The van der Waals surface area contributed by atoms with Gasteiger partial charge in [0.1, 0.15) is 0 Å². The molecule has 1 N–H and O–H groups in total. The zero-order valence-corrected chi connectivity index (χ0v) is 9.74. The number of nitrogens with zero attached hydrogens (tertiary/aromatic N) is 2. The lowest BCUT2D eigenvalue weighted by atomic mass is 10.1. The van der Waals surface area contributed by atoms with Gasteiger partial charge >= 0.3 is 0 Å². The van der Waals surface area contributed by atoms with Gasteiger partial charge in [-0.2, -0.15) is 4.98 Å². The van der Waals surface area contributed by atoms with Crippen molar-refractivity contribution in [2.24, 2.45) is 0 Å². The van der Waals surface area contributed by atoms with Gasteiger partial charge < -0.3 is 14.6 Å². The molecule has 1 aliphatic rings. The first-order valence-corrected chi connectivity index (χ1v) is 5.96. The number of nitrogens with one attached hydrogen (secondary N) is 1. The van der Waals surface area contributed by atoms with Gasteiger partial charge in [0, 0.05) is 6.61 Å². The molecule has 1 saturated heterocycles. The maximum atomic E-state index is 5.55. The smallest absolute Gasteiger partial charge is 0.240 e. The Hall–Kier alpha value is -0.940. The zero-order chi connectivity index (χ0) is 11.2. The van der Waals surface area contributed by atoms with Crippen LogP contribution >= 0.6 is 0 Å². The summed E-state index contributed by atoms with van der Waals surface area (Å²) in [5, 5.41) is 7.02. The average Bonchev–Trinajstić information content (AvgIpc) is 2.89. The first kappa shape index (κ1) is 11.5. The van der Waals surface area contributed by atoms with Gasteiger partial charge in [-0.15, -0.1) is 0 Å². The summed E-state index contributed by atoms with van der Waals surface area (Å²) in [6, 6.07) is 0. The number of rotatable bonds is 6. The van der Waals surface area contributed by atoms with Gasteiger partial charge in [-0.1, -0.05) is 5.16 Å². The van der Waals surface area contributed by atoms with Crippen LogP contribution < -0.4 is 5.32 Å².